The van der Waals surface area contributed by atoms with Crippen molar-refractivity contribution in [1.82, 2.24) is 0 Å². The van der Waals surface area contributed by atoms with E-state index in [1.54, 1.807) is 13.1 Å². The molecule has 0 aromatic heterocycles. The summed E-state index contributed by atoms with van der Waals surface area (Å²) >= 11 is 0. The molecule has 2 nitrogen and oxygen atoms in total. The van der Waals surface area contributed by atoms with Crippen LogP contribution in [-0.4, -0.2) is 13.4 Å². The summed E-state index contributed by atoms with van der Waals surface area (Å²) in [6, 6.07) is 8.14. The van der Waals surface area contributed by atoms with E-state index >= 15 is 0 Å². The first-order valence-corrected chi connectivity index (χ1v) is 7.25. The number of benzene rings is 1. The molecular formula is C10H16O2Si. The molecule has 0 bridgehead atoms. The Bertz CT molecular complexity index is 261. The highest BCUT2D eigenvalue weighted by atomic mass is 28.4. The van der Waals surface area contributed by atoms with Crippen LogP contribution in [-0.2, 0) is 11.0 Å². The van der Waals surface area contributed by atoms with E-state index in [4.69, 9.17) is 4.43 Å². The third kappa shape index (κ3) is 4.22. The molecule has 1 N–H and O–H groups in total. The van der Waals surface area contributed by atoms with Gasteiger partial charge in [-0.1, -0.05) is 29.8 Å². The van der Waals surface area contributed by atoms with E-state index < -0.39 is 8.56 Å². The van der Waals surface area contributed by atoms with E-state index in [-0.39, 0.29) is 0 Å². The van der Waals surface area contributed by atoms with Crippen molar-refractivity contribution in [3.05, 3.63) is 35.4 Å². The maximum absolute atomic E-state index is 9.45. The molecule has 13 heavy (non-hydrogen) atoms. The van der Waals surface area contributed by atoms with E-state index in [1.165, 1.54) is 5.56 Å². The highest BCUT2D eigenvalue weighted by Crippen LogP contribution is 2.08. The fraction of sp³-hybridized carbons (Fsp3) is 0.400. The average Bonchev–Trinajstić information content (AvgIpc) is 2.02. The summed E-state index contributed by atoms with van der Waals surface area (Å²) in [6.07, 6.45) is 0. The summed E-state index contributed by atoms with van der Waals surface area (Å²) in [5, 5.41) is 0. The van der Waals surface area contributed by atoms with Gasteiger partial charge in [0.1, 0.15) is 0 Å². The predicted octanol–water partition coefficient (Wildman–Crippen LogP) is 2.21. The summed E-state index contributed by atoms with van der Waals surface area (Å²) < 4.78 is 5.35. The average molecular weight is 196 g/mol. The Morgan fingerprint density at radius 3 is 2.23 bits per heavy atom. The van der Waals surface area contributed by atoms with Crippen LogP contribution in [0.3, 0.4) is 0 Å². The number of aryl methyl sites for hydroxylation is 1. The third-order valence-corrected chi connectivity index (χ3v) is 2.56. The molecule has 0 spiro atoms. The lowest BCUT2D eigenvalue weighted by molar-refractivity contribution is 0.231. The molecule has 0 fully saturated rings. The second kappa shape index (κ2) is 4.04. The molecule has 1 rings (SSSR count). The van der Waals surface area contributed by atoms with Gasteiger partial charge in [-0.3, -0.25) is 0 Å². The van der Waals surface area contributed by atoms with Crippen LogP contribution >= 0.6 is 0 Å². The van der Waals surface area contributed by atoms with Crippen molar-refractivity contribution in [2.75, 3.05) is 0 Å². The van der Waals surface area contributed by atoms with Crippen LogP contribution in [0.4, 0.5) is 0 Å². The van der Waals surface area contributed by atoms with Crippen LogP contribution in [0.5, 0.6) is 0 Å². The second-order valence-corrected chi connectivity index (χ2v) is 6.90. The summed E-state index contributed by atoms with van der Waals surface area (Å²) in [6.45, 7) is 6.09. The van der Waals surface area contributed by atoms with Gasteiger partial charge in [-0.05, 0) is 25.6 Å². The minimum atomic E-state index is -2.35. The molecule has 3 heteroatoms. The van der Waals surface area contributed by atoms with Crippen molar-refractivity contribution in [1.29, 1.82) is 0 Å². The number of rotatable bonds is 3. The second-order valence-electron chi connectivity index (χ2n) is 3.72. The molecular weight excluding hydrogens is 180 g/mol. The van der Waals surface area contributed by atoms with Crippen molar-refractivity contribution in [3.63, 3.8) is 0 Å². The molecule has 0 unspecified atom stereocenters. The van der Waals surface area contributed by atoms with Gasteiger partial charge in [-0.2, -0.15) is 0 Å². The van der Waals surface area contributed by atoms with Gasteiger partial charge in [0.05, 0.1) is 6.61 Å². The Balaban J connectivity index is 2.51. The molecule has 0 aliphatic heterocycles. The van der Waals surface area contributed by atoms with Gasteiger partial charge in [0.25, 0.3) is 0 Å². The fourth-order valence-corrected chi connectivity index (χ4v) is 1.46. The van der Waals surface area contributed by atoms with Crippen molar-refractivity contribution in [2.24, 2.45) is 0 Å². The normalized spacial score (nSPS) is 11.7. The van der Waals surface area contributed by atoms with Crippen molar-refractivity contribution >= 4 is 8.56 Å². The minimum Gasteiger partial charge on any atom is -0.411 e. The Hall–Kier alpha value is -0.643. The molecule has 1 aromatic rings. The van der Waals surface area contributed by atoms with E-state index in [0.717, 1.165) is 5.56 Å². The predicted molar refractivity (Wildman–Crippen MR) is 55.7 cm³/mol. The lowest BCUT2D eigenvalue weighted by Crippen LogP contribution is -2.29. The van der Waals surface area contributed by atoms with Gasteiger partial charge in [-0.25, -0.2) is 0 Å². The summed E-state index contributed by atoms with van der Waals surface area (Å²) in [4.78, 5) is 9.45. The molecule has 0 saturated heterocycles. The molecule has 0 amide bonds. The SMILES string of the molecule is Cc1ccc(CO[Si](C)(C)O)cc1. The first-order chi connectivity index (χ1) is 5.97. The van der Waals surface area contributed by atoms with E-state index in [9.17, 15) is 4.80 Å². The first kappa shape index (κ1) is 10.4. The zero-order valence-electron chi connectivity index (χ0n) is 8.37. The Morgan fingerprint density at radius 2 is 1.77 bits per heavy atom. The zero-order chi connectivity index (χ0) is 9.90. The lowest BCUT2D eigenvalue weighted by atomic mass is 10.2. The highest BCUT2D eigenvalue weighted by Gasteiger charge is 2.17. The monoisotopic (exact) mass is 196 g/mol. The van der Waals surface area contributed by atoms with Gasteiger partial charge >= 0.3 is 8.56 Å². The Morgan fingerprint density at radius 1 is 1.23 bits per heavy atom. The third-order valence-electron chi connectivity index (χ3n) is 1.71. The van der Waals surface area contributed by atoms with Gasteiger partial charge in [-0.15, -0.1) is 0 Å². The molecule has 0 heterocycles. The number of hydrogen-bond acceptors (Lipinski definition) is 2. The standard InChI is InChI=1S/C10H16O2Si/c1-9-4-6-10(7-5-9)8-12-13(2,3)11/h4-7,11H,8H2,1-3H3. The Labute approximate surface area is 80.4 Å². The quantitative estimate of drug-likeness (QED) is 0.751. The summed E-state index contributed by atoms with van der Waals surface area (Å²) in [7, 11) is -2.35. The lowest BCUT2D eigenvalue weighted by Gasteiger charge is -2.14. The van der Waals surface area contributed by atoms with Crippen LogP contribution in [0.15, 0.2) is 24.3 Å². The molecule has 0 saturated carbocycles. The van der Waals surface area contributed by atoms with Gasteiger partial charge in [0.2, 0.25) is 0 Å². The number of hydrogen-bond donors (Lipinski definition) is 1. The maximum atomic E-state index is 9.45. The topological polar surface area (TPSA) is 29.5 Å². The fourth-order valence-electron chi connectivity index (χ4n) is 0.944. The molecule has 0 radical (unpaired) electrons. The van der Waals surface area contributed by atoms with E-state index in [0.29, 0.717) is 6.61 Å². The van der Waals surface area contributed by atoms with Gasteiger partial charge in [0.15, 0.2) is 0 Å². The van der Waals surface area contributed by atoms with Crippen LogP contribution in [0, 0.1) is 6.92 Å². The van der Waals surface area contributed by atoms with Crippen LogP contribution in [0.1, 0.15) is 11.1 Å². The molecule has 1 aromatic carbocycles. The van der Waals surface area contributed by atoms with Crippen molar-refractivity contribution in [2.45, 2.75) is 26.6 Å². The van der Waals surface area contributed by atoms with Crippen LogP contribution in [0.2, 0.25) is 13.1 Å². The summed E-state index contributed by atoms with van der Waals surface area (Å²) in [5.74, 6) is 0. The van der Waals surface area contributed by atoms with Gasteiger partial charge in [0, 0.05) is 0 Å². The zero-order valence-corrected chi connectivity index (χ0v) is 9.37. The molecule has 0 aliphatic carbocycles. The highest BCUT2D eigenvalue weighted by molar-refractivity contribution is 6.63. The smallest absolute Gasteiger partial charge is 0.329 e. The van der Waals surface area contributed by atoms with Crippen LogP contribution in [0.25, 0.3) is 0 Å². The van der Waals surface area contributed by atoms with Crippen molar-refractivity contribution in [3.8, 4) is 0 Å². The molecule has 72 valence electrons. The molecule has 0 atom stereocenters. The van der Waals surface area contributed by atoms with Gasteiger partial charge < -0.3 is 9.22 Å². The van der Waals surface area contributed by atoms with Crippen LogP contribution < -0.4 is 0 Å². The van der Waals surface area contributed by atoms with E-state index in [2.05, 4.69) is 6.92 Å². The van der Waals surface area contributed by atoms with Crippen molar-refractivity contribution < 1.29 is 9.22 Å². The largest absolute Gasteiger partial charge is 0.411 e. The minimum absolute atomic E-state index is 0.510. The van der Waals surface area contributed by atoms with E-state index in [1.807, 2.05) is 24.3 Å². The maximum Gasteiger partial charge on any atom is 0.329 e. The first-order valence-electron chi connectivity index (χ1n) is 4.39. The summed E-state index contributed by atoms with van der Waals surface area (Å²) in [5.41, 5.74) is 2.35. The Kier molecular flexibility index (Phi) is 3.25. The molecule has 0 aliphatic rings.